The first-order valence-electron chi connectivity index (χ1n) is 5.46. The molecule has 0 saturated heterocycles. The lowest BCUT2D eigenvalue weighted by Gasteiger charge is -2.17. The summed E-state index contributed by atoms with van der Waals surface area (Å²) in [7, 11) is 3.63. The predicted molar refractivity (Wildman–Crippen MR) is 70.7 cm³/mol. The van der Waals surface area contributed by atoms with Gasteiger partial charge in [-0.05, 0) is 37.0 Å². The summed E-state index contributed by atoms with van der Waals surface area (Å²) < 4.78 is 5.36. The van der Waals surface area contributed by atoms with Crippen LogP contribution in [0.1, 0.15) is 22.0 Å². The molecule has 0 fully saturated rings. The van der Waals surface area contributed by atoms with E-state index in [9.17, 15) is 0 Å². The molecule has 1 atom stereocenters. The Labute approximate surface area is 105 Å². The number of hydrogen-bond acceptors (Lipinski definition) is 4. The summed E-state index contributed by atoms with van der Waals surface area (Å²) in [6.07, 6.45) is 3.54. The van der Waals surface area contributed by atoms with E-state index in [1.54, 1.807) is 30.8 Å². The molecule has 17 heavy (non-hydrogen) atoms. The summed E-state index contributed by atoms with van der Waals surface area (Å²) in [5, 5.41) is 5.50. The zero-order chi connectivity index (χ0) is 12.3. The first-order chi connectivity index (χ1) is 8.26. The minimum Gasteiger partial charge on any atom is -0.495 e. The molecule has 2 heterocycles. The molecule has 0 aromatic carbocycles. The van der Waals surface area contributed by atoms with Crippen LogP contribution in [-0.2, 0) is 0 Å². The number of aryl methyl sites for hydroxylation is 1. The maximum atomic E-state index is 5.36. The third kappa shape index (κ3) is 2.48. The number of nitrogens with one attached hydrogen (secondary N) is 1. The number of aromatic nitrogens is 1. The van der Waals surface area contributed by atoms with Gasteiger partial charge in [0.2, 0.25) is 0 Å². The predicted octanol–water partition coefficient (Wildman–Crippen LogP) is 2.77. The first kappa shape index (κ1) is 12.1. The van der Waals surface area contributed by atoms with Crippen molar-refractivity contribution in [1.29, 1.82) is 0 Å². The molecule has 0 amide bonds. The van der Waals surface area contributed by atoms with Crippen LogP contribution >= 0.6 is 11.3 Å². The van der Waals surface area contributed by atoms with Gasteiger partial charge in [0.25, 0.3) is 0 Å². The fourth-order valence-corrected chi connectivity index (χ4v) is 2.65. The second kappa shape index (κ2) is 5.29. The molecule has 4 heteroatoms. The van der Waals surface area contributed by atoms with Gasteiger partial charge in [0, 0.05) is 16.6 Å². The molecule has 0 saturated carbocycles. The summed E-state index contributed by atoms with van der Waals surface area (Å²) in [6, 6.07) is 4.34. The summed E-state index contributed by atoms with van der Waals surface area (Å²) in [5.41, 5.74) is 2.38. The Morgan fingerprint density at radius 3 is 2.88 bits per heavy atom. The molecule has 1 N–H and O–H groups in total. The van der Waals surface area contributed by atoms with E-state index < -0.39 is 0 Å². The topological polar surface area (TPSA) is 34.2 Å². The van der Waals surface area contributed by atoms with Crippen molar-refractivity contribution in [3.8, 4) is 5.75 Å². The second-order valence-corrected chi connectivity index (χ2v) is 4.95. The minimum atomic E-state index is 0.151. The van der Waals surface area contributed by atoms with Gasteiger partial charge < -0.3 is 10.1 Å². The average molecular weight is 248 g/mol. The monoisotopic (exact) mass is 248 g/mol. The van der Waals surface area contributed by atoms with Crippen molar-refractivity contribution < 1.29 is 4.74 Å². The maximum absolute atomic E-state index is 5.36. The Hall–Kier alpha value is -1.39. The van der Waals surface area contributed by atoms with Crippen LogP contribution in [0.3, 0.4) is 0 Å². The smallest absolute Gasteiger partial charge is 0.142 e. The molecule has 1 unspecified atom stereocenters. The molecule has 0 radical (unpaired) electrons. The van der Waals surface area contributed by atoms with Crippen molar-refractivity contribution >= 4 is 11.3 Å². The lowest BCUT2D eigenvalue weighted by Crippen LogP contribution is -2.17. The summed E-state index contributed by atoms with van der Waals surface area (Å²) in [6.45, 7) is 2.12. The van der Waals surface area contributed by atoms with Gasteiger partial charge in [-0.1, -0.05) is 0 Å². The van der Waals surface area contributed by atoms with E-state index >= 15 is 0 Å². The molecular weight excluding hydrogens is 232 g/mol. The van der Waals surface area contributed by atoms with Crippen molar-refractivity contribution in [2.24, 2.45) is 0 Å². The third-order valence-corrected chi connectivity index (χ3v) is 3.60. The third-order valence-electron chi connectivity index (χ3n) is 2.72. The average Bonchev–Trinajstić information content (AvgIpc) is 2.77. The van der Waals surface area contributed by atoms with Gasteiger partial charge in [0.15, 0.2) is 0 Å². The highest BCUT2D eigenvalue weighted by Gasteiger charge is 2.17. The van der Waals surface area contributed by atoms with Crippen LogP contribution in [0.25, 0.3) is 0 Å². The zero-order valence-corrected chi connectivity index (χ0v) is 11.0. The molecule has 0 aliphatic heterocycles. The normalized spacial score (nSPS) is 12.4. The number of ether oxygens (including phenoxy) is 1. The van der Waals surface area contributed by atoms with E-state index in [4.69, 9.17) is 4.74 Å². The number of nitrogens with zero attached hydrogens (tertiary/aromatic N) is 1. The molecular formula is C13H16N2OS. The van der Waals surface area contributed by atoms with Crippen LogP contribution in [0.15, 0.2) is 29.9 Å². The van der Waals surface area contributed by atoms with E-state index in [2.05, 4.69) is 28.7 Å². The van der Waals surface area contributed by atoms with Crippen LogP contribution in [0.2, 0.25) is 0 Å². The van der Waals surface area contributed by atoms with Crippen molar-refractivity contribution in [3.63, 3.8) is 0 Å². The molecule has 2 rings (SSSR count). The van der Waals surface area contributed by atoms with Gasteiger partial charge in [0.1, 0.15) is 5.75 Å². The minimum absolute atomic E-state index is 0.151. The SMILES string of the molecule is CNC(c1csc(C)c1)c1ccncc1OC. The summed E-state index contributed by atoms with van der Waals surface area (Å²) >= 11 is 1.76. The second-order valence-electron chi connectivity index (χ2n) is 3.83. The van der Waals surface area contributed by atoms with E-state index in [0.717, 1.165) is 11.3 Å². The lowest BCUT2D eigenvalue weighted by atomic mass is 10.0. The summed E-state index contributed by atoms with van der Waals surface area (Å²) in [4.78, 5) is 5.39. The Morgan fingerprint density at radius 1 is 1.47 bits per heavy atom. The van der Waals surface area contributed by atoms with Gasteiger partial charge in [0.05, 0.1) is 19.3 Å². The maximum Gasteiger partial charge on any atom is 0.142 e. The van der Waals surface area contributed by atoms with Crippen molar-refractivity contribution in [1.82, 2.24) is 10.3 Å². The lowest BCUT2D eigenvalue weighted by molar-refractivity contribution is 0.403. The van der Waals surface area contributed by atoms with Gasteiger partial charge in [-0.15, -0.1) is 11.3 Å². The number of pyridine rings is 1. The van der Waals surface area contributed by atoms with E-state index in [-0.39, 0.29) is 6.04 Å². The number of rotatable bonds is 4. The van der Waals surface area contributed by atoms with Gasteiger partial charge >= 0.3 is 0 Å². The van der Waals surface area contributed by atoms with Crippen LogP contribution in [0, 0.1) is 6.92 Å². The highest BCUT2D eigenvalue weighted by Crippen LogP contribution is 2.31. The highest BCUT2D eigenvalue weighted by molar-refractivity contribution is 7.10. The zero-order valence-electron chi connectivity index (χ0n) is 10.2. The van der Waals surface area contributed by atoms with Crippen molar-refractivity contribution in [3.05, 3.63) is 45.9 Å². The van der Waals surface area contributed by atoms with Crippen molar-refractivity contribution in [2.75, 3.05) is 14.2 Å². The molecule has 2 aromatic heterocycles. The molecule has 3 nitrogen and oxygen atoms in total. The Bertz CT molecular complexity index is 496. The highest BCUT2D eigenvalue weighted by atomic mass is 32.1. The first-order valence-corrected chi connectivity index (χ1v) is 6.34. The van der Waals surface area contributed by atoms with Crippen LogP contribution in [-0.4, -0.2) is 19.1 Å². The Morgan fingerprint density at radius 2 is 2.29 bits per heavy atom. The fraction of sp³-hybridized carbons (Fsp3) is 0.308. The van der Waals surface area contributed by atoms with Gasteiger partial charge in [-0.25, -0.2) is 0 Å². The molecule has 0 bridgehead atoms. The van der Waals surface area contributed by atoms with Crippen LogP contribution < -0.4 is 10.1 Å². The number of thiophene rings is 1. The Balaban J connectivity index is 2.41. The Kier molecular flexibility index (Phi) is 3.76. The van der Waals surface area contributed by atoms with E-state index in [0.29, 0.717) is 0 Å². The molecule has 2 aromatic rings. The molecule has 90 valence electrons. The van der Waals surface area contributed by atoms with Crippen LogP contribution in [0.4, 0.5) is 0 Å². The van der Waals surface area contributed by atoms with E-state index in [1.165, 1.54) is 10.4 Å². The van der Waals surface area contributed by atoms with E-state index in [1.807, 2.05) is 13.1 Å². The largest absolute Gasteiger partial charge is 0.495 e. The number of hydrogen-bond donors (Lipinski definition) is 1. The van der Waals surface area contributed by atoms with Gasteiger partial charge in [-0.3, -0.25) is 4.98 Å². The van der Waals surface area contributed by atoms with Gasteiger partial charge in [-0.2, -0.15) is 0 Å². The standard InChI is InChI=1S/C13H16N2OS/c1-9-6-10(8-17-9)13(14-2)11-4-5-15-7-12(11)16-3/h4-8,13-14H,1-3H3. The summed E-state index contributed by atoms with van der Waals surface area (Å²) in [5.74, 6) is 0.815. The molecule has 0 spiro atoms. The quantitative estimate of drug-likeness (QED) is 0.903. The number of methoxy groups -OCH3 is 1. The van der Waals surface area contributed by atoms with Crippen LogP contribution in [0.5, 0.6) is 5.75 Å². The fourth-order valence-electron chi connectivity index (χ4n) is 1.92. The molecule has 0 aliphatic carbocycles. The van der Waals surface area contributed by atoms with Crippen molar-refractivity contribution in [2.45, 2.75) is 13.0 Å². The molecule has 0 aliphatic rings.